The van der Waals surface area contributed by atoms with Crippen LogP contribution in [0.1, 0.15) is 30.9 Å². The summed E-state index contributed by atoms with van der Waals surface area (Å²) in [7, 11) is 0. The van der Waals surface area contributed by atoms with Crippen molar-refractivity contribution in [3.05, 3.63) is 79.8 Å². The van der Waals surface area contributed by atoms with E-state index in [1.807, 2.05) is 26.0 Å². The van der Waals surface area contributed by atoms with Crippen molar-refractivity contribution in [2.75, 3.05) is 24.8 Å². The topological polar surface area (TPSA) is 144 Å². The molecule has 0 spiro atoms. The van der Waals surface area contributed by atoms with Crippen molar-refractivity contribution < 1.29 is 18.6 Å². The molecular weight excluding hydrogens is 476 g/mol. The molecule has 0 fully saturated rings. The minimum Gasteiger partial charge on any atom is -0.454 e. The summed E-state index contributed by atoms with van der Waals surface area (Å²) >= 11 is 0. The number of nitrogens with zero attached hydrogens (tertiary/aromatic N) is 2. The van der Waals surface area contributed by atoms with Crippen LogP contribution in [0, 0.1) is 11.3 Å². The Morgan fingerprint density at radius 3 is 2.59 bits per heavy atom. The molecule has 0 radical (unpaired) electrons. The van der Waals surface area contributed by atoms with Crippen molar-refractivity contribution in [3.8, 4) is 23.3 Å². The maximum Gasteiger partial charge on any atom is 0.344 e. The van der Waals surface area contributed by atoms with Crippen LogP contribution in [0.4, 0.5) is 5.69 Å². The molecule has 0 aliphatic carbocycles. The van der Waals surface area contributed by atoms with Gasteiger partial charge in [-0.1, -0.05) is 0 Å². The zero-order chi connectivity index (χ0) is 25.8. The van der Waals surface area contributed by atoms with Gasteiger partial charge in [-0.25, -0.2) is 4.79 Å². The lowest BCUT2D eigenvalue weighted by atomic mass is 9.84. The number of anilines is 1. The number of aromatic amines is 1. The first-order valence-corrected chi connectivity index (χ1v) is 11.8. The van der Waals surface area contributed by atoms with Gasteiger partial charge in [0.15, 0.2) is 17.2 Å². The van der Waals surface area contributed by atoms with Crippen molar-refractivity contribution >= 4 is 27.6 Å². The number of nitrogens with two attached hydrogens (primary N) is 1. The molecule has 0 saturated heterocycles. The number of nitrogens with one attached hydrogen (secondary N) is 1. The van der Waals surface area contributed by atoms with E-state index in [0.29, 0.717) is 33.4 Å². The van der Waals surface area contributed by atoms with E-state index < -0.39 is 17.1 Å². The standard InChI is InChI=1S/C27H22N4O6/c1-3-31(4-2)14-5-6-15-19(9-14)36-27(33)23-22(17(11-28)25(29)37-24(15)23)16-7-13-8-20-21(35-12-34-20)10-18(13)30-26(16)32/h5-10,22H,3-4,12,29H2,1-2H3,(H,30,32). The van der Waals surface area contributed by atoms with Crippen molar-refractivity contribution in [3.63, 3.8) is 0 Å². The molecule has 37 heavy (non-hydrogen) atoms. The minimum absolute atomic E-state index is 0.0411. The van der Waals surface area contributed by atoms with Gasteiger partial charge >= 0.3 is 5.63 Å². The largest absolute Gasteiger partial charge is 0.454 e. The second-order valence-electron chi connectivity index (χ2n) is 8.76. The zero-order valence-corrected chi connectivity index (χ0v) is 20.1. The van der Waals surface area contributed by atoms with E-state index in [2.05, 4.69) is 9.88 Å². The molecule has 3 N–H and O–H groups in total. The lowest BCUT2D eigenvalue weighted by molar-refractivity contribution is 0.174. The number of rotatable bonds is 4. The van der Waals surface area contributed by atoms with Gasteiger partial charge in [-0.3, -0.25) is 4.79 Å². The van der Waals surface area contributed by atoms with Gasteiger partial charge < -0.3 is 34.2 Å². The molecule has 2 aliphatic rings. The Balaban J connectivity index is 1.60. The predicted molar refractivity (Wildman–Crippen MR) is 136 cm³/mol. The fourth-order valence-corrected chi connectivity index (χ4v) is 5.03. The summed E-state index contributed by atoms with van der Waals surface area (Å²) in [6, 6.07) is 12.5. The average Bonchev–Trinajstić information content (AvgIpc) is 3.34. The van der Waals surface area contributed by atoms with E-state index in [0.717, 1.165) is 18.8 Å². The van der Waals surface area contributed by atoms with Gasteiger partial charge in [0, 0.05) is 41.9 Å². The van der Waals surface area contributed by atoms with Crippen LogP contribution in [-0.4, -0.2) is 24.9 Å². The third-order valence-electron chi connectivity index (χ3n) is 6.86. The van der Waals surface area contributed by atoms with Gasteiger partial charge in [0.1, 0.15) is 17.2 Å². The van der Waals surface area contributed by atoms with E-state index in [9.17, 15) is 14.9 Å². The molecule has 0 amide bonds. The van der Waals surface area contributed by atoms with E-state index in [1.54, 1.807) is 30.3 Å². The average molecular weight is 498 g/mol. The van der Waals surface area contributed by atoms with Gasteiger partial charge in [-0.15, -0.1) is 0 Å². The summed E-state index contributed by atoms with van der Waals surface area (Å²) < 4.78 is 22.4. The molecule has 10 heteroatoms. The Bertz CT molecular complexity index is 1790. The lowest BCUT2D eigenvalue weighted by Crippen LogP contribution is -2.29. The number of allylic oxidation sites excluding steroid dienone is 1. The molecule has 4 heterocycles. The first-order chi connectivity index (χ1) is 17.9. The summed E-state index contributed by atoms with van der Waals surface area (Å²) in [5.74, 6) is -0.0438. The molecule has 4 aromatic rings. The highest BCUT2D eigenvalue weighted by atomic mass is 16.7. The van der Waals surface area contributed by atoms with E-state index in [-0.39, 0.29) is 35.1 Å². The monoisotopic (exact) mass is 498 g/mol. The zero-order valence-electron chi connectivity index (χ0n) is 20.1. The fourth-order valence-electron chi connectivity index (χ4n) is 5.03. The first-order valence-electron chi connectivity index (χ1n) is 11.8. The van der Waals surface area contributed by atoms with Crippen LogP contribution in [0.25, 0.3) is 21.9 Å². The molecule has 2 aromatic carbocycles. The summed E-state index contributed by atoms with van der Waals surface area (Å²) in [5, 5.41) is 11.1. The van der Waals surface area contributed by atoms with Crippen LogP contribution in [-0.2, 0) is 0 Å². The molecule has 2 aromatic heterocycles. The molecule has 1 atom stereocenters. The number of hydrogen-bond acceptors (Lipinski definition) is 9. The Labute approximate surface area is 210 Å². The second-order valence-corrected chi connectivity index (χ2v) is 8.76. The molecule has 2 aliphatic heterocycles. The van der Waals surface area contributed by atoms with Gasteiger partial charge in [0.05, 0.1) is 22.4 Å². The third kappa shape index (κ3) is 3.39. The SMILES string of the molecule is CCN(CC)c1ccc2c3c(c(=O)oc2c1)C(c1cc2cc4c(cc2[nH]c1=O)OCO4)C(C#N)=C(N)O3. The summed E-state index contributed by atoms with van der Waals surface area (Å²) in [4.78, 5) is 31.6. The molecule has 10 nitrogen and oxygen atoms in total. The highest BCUT2D eigenvalue weighted by Gasteiger charge is 2.37. The Morgan fingerprint density at radius 1 is 1.11 bits per heavy atom. The normalized spacial score (nSPS) is 16.0. The predicted octanol–water partition coefficient (Wildman–Crippen LogP) is 3.43. The maximum absolute atomic E-state index is 13.4. The molecule has 1 unspecified atom stereocenters. The van der Waals surface area contributed by atoms with Crippen molar-refractivity contribution in [1.29, 1.82) is 5.26 Å². The quantitative estimate of drug-likeness (QED) is 0.404. The van der Waals surface area contributed by atoms with Crippen LogP contribution in [0.3, 0.4) is 0 Å². The number of aromatic nitrogens is 1. The summed E-state index contributed by atoms with van der Waals surface area (Å²) in [6.07, 6.45) is 0. The molecular formula is C27H22N4O6. The van der Waals surface area contributed by atoms with Gasteiger partial charge in [0.2, 0.25) is 12.7 Å². The smallest absolute Gasteiger partial charge is 0.344 e. The van der Waals surface area contributed by atoms with Gasteiger partial charge in [-0.05, 0) is 38.1 Å². The Kier molecular flexibility index (Phi) is 5.08. The van der Waals surface area contributed by atoms with Crippen LogP contribution < -0.4 is 36.0 Å². The second kappa shape index (κ2) is 8.34. The van der Waals surface area contributed by atoms with Crippen molar-refractivity contribution in [2.24, 2.45) is 5.73 Å². The number of ether oxygens (including phenoxy) is 3. The van der Waals surface area contributed by atoms with Crippen LogP contribution >= 0.6 is 0 Å². The molecule has 0 bridgehead atoms. The number of H-pyrrole nitrogens is 1. The van der Waals surface area contributed by atoms with E-state index in [1.165, 1.54) is 0 Å². The highest BCUT2D eigenvalue weighted by molar-refractivity contribution is 5.89. The lowest BCUT2D eigenvalue weighted by Gasteiger charge is -2.26. The molecule has 186 valence electrons. The number of nitriles is 1. The number of benzene rings is 2. The van der Waals surface area contributed by atoms with Gasteiger partial charge in [0.25, 0.3) is 5.56 Å². The molecule has 0 saturated carbocycles. The number of fused-ring (bicyclic) bond motifs is 5. The highest BCUT2D eigenvalue weighted by Crippen LogP contribution is 2.44. The van der Waals surface area contributed by atoms with E-state index >= 15 is 0 Å². The summed E-state index contributed by atoms with van der Waals surface area (Å²) in [6.45, 7) is 5.71. The first kappa shape index (κ1) is 22.5. The van der Waals surface area contributed by atoms with Gasteiger partial charge in [-0.2, -0.15) is 5.26 Å². The maximum atomic E-state index is 13.4. The van der Waals surface area contributed by atoms with Crippen LogP contribution in [0.2, 0.25) is 0 Å². The fraction of sp³-hybridized carbons (Fsp3) is 0.222. The Hall–Kier alpha value is -4.91. The summed E-state index contributed by atoms with van der Waals surface area (Å²) in [5.41, 5.74) is 6.85. The van der Waals surface area contributed by atoms with E-state index in [4.69, 9.17) is 24.4 Å². The van der Waals surface area contributed by atoms with Crippen molar-refractivity contribution in [2.45, 2.75) is 19.8 Å². The number of hydrogen-bond donors (Lipinski definition) is 2. The molecule has 6 rings (SSSR count). The van der Waals surface area contributed by atoms with Crippen LogP contribution in [0.5, 0.6) is 17.2 Å². The minimum atomic E-state index is -1.09. The van der Waals surface area contributed by atoms with Crippen molar-refractivity contribution in [1.82, 2.24) is 4.98 Å². The van der Waals surface area contributed by atoms with Crippen LogP contribution in [0.15, 0.2) is 61.9 Å². The third-order valence-corrected chi connectivity index (χ3v) is 6.86. The Morgan fingerprint density at radius 2 is 1.86 bits per heavy atom. The number of pyridine rings is 1.